The highest BCUT2D eigenvalue weighted by Crippen LogP contribution is 2.30. The highest BCUT2D eigenvalue weighted by Gasteiger charge is 2.17. The van der Waals surface area contributed by atoms with Gasteiger partial charge in [0.05, 0.1) is 4.92 Å². The molecule has 1 heterocycles. The zero-order valence-electron chi connectivity index (χ0n) is 13.2. The first-order chi connectivity index (χ1) is 12.1. The van der Waals surface area contributed by atoms with Gasteiger partial charge >= 0.3 is 11.6 Å². The van der Waals surface area contributed by atoms with Crippen molar-refractivity contribution in [3.8, 4) is 17.4 Å². The van der Waals surface area contributed by atoms with Gasteiger partial charge in [0.15, 0.2) is 0 Å². The lowest BCUT2D eigenvalue weighted by Gasteiger charge is -2.08. The molecule has 0 atom stereocenters. The number of benzene rings is 2. The van der Waals surface area contributed by atoms with Crippen molar-refractivity contribution < 1.29 is 14.4 Å². The Bertz CT molecular complexity index is 867. The van der Waals surface area contributed by atoms with E-state index in [4.69, 9.17) is 15.2 Å². The number of nitro groups is 1. The number of nitrogens with zero attached hydrogens (tertiary/aromatic N) is 2. The molecule has 0 radical (unpaired) electrons. The second kappa shape index (κ2) is 7.31. The summed E-state index contributed by atoms with van der Waals surface area (Å²) in [6, 6.07) is 19.1. The molecule has 0 aliphatic carbocycles. The molecule has 2 aromatic carbocycles. The molecule has 0 spiro atoms. The van der Waals surface area contributed by atoms with Crippen LogP contribution in [0, 0.1) is 10.1 Å². The van der Waals surface area contributed by atoms with Gasteiger partial charge in [-0.25, -0.2) is 0 Å². The first-order valence-electron chi connectivity index (χ1n) is 7.47. The van der Waals surface area contributed by atoms with Gasteiger partial charge in [-0.05, 0) is 35.9 Å². The number of pyridine rings is 1. The largest absolute Gasteiger partial charge is 0.489 e. The van der Waals surface area contributed by atoms with Crippen molar-refractivity contribution in [2.75, 3.05) is 5.73 Å². The van der Waals surface area contributed by atoms with Gasteiger partial charge in [0.1, 0.15) is 23.9 Å². The van der Waals surface area contributed by atoms with Crippen LogP contribution in [0.4, 0.5) is 11.5 Å². The van der Waals surface area contributed by atoms with Crippen LogP contribution in [0.2, 0.25) is 0 Å². The molecule has 0 fully saturated rings. The van der Waals surface area contributed by atoms with E-state index >= 15 is 0 Å². The smallest absolute Gasteiger partial charge is 0.331 e. The normalized spacial score (nSPS) is 10.2. The first kappa shape index (κ1) is 16.3. The lowest BCUT2D eigenvalue weighted by atomic mass is 10.2. The Kier molecular flexibility index (Phi) is 4.75. The van der Waals surface area contributed by atoms with Crippen molar-refractivity contribution in [2.24, 2.45) is 0 Å². The maximum atomic E-state index is 11.0. The molecule has 7 nitrogen and oxygen atoms in total. The van der Waals surface area contributed by atoms with Gasteiger partial charge in [-0.1, -0.05) is 30.3 Å². The standard InChI is InChI=1S/C18H15N3O4/c19-17-11-10-16(21(22)23)18(20-17)25-15-8-6-14(7-9-15)24-12-13-4-2-1-3-5-13/h1-11H,12H2,(H2,19,20). The molecular formula is C18H15N3O4. The van der Waals surface area contributed by atoms with E-state index in [1.54, 1.807) is 24.3 Å². The number of nitrogens with two attached hydrogens (primary N) is 1. The number of ether oxygens (including phenoxy) is 2. The molecule has 25 heavy (non-hydrogen) atoms. The van der Waals surface area contributed by atoms with Crippen molar-refractivity contribution in [1.29, 1.82) is 0 Å². The van der Waals surface area contributed by atoms with Gasteiger partial charge in [0.2, 0.25) is 0 Å². The van der Waals surface area contributed by atoms with Crippen molar-refractivity contribution in [3.05, 3.63) is 82.4 Å². The summed E-state index contributed by atoms with van der Waals surface area (Å²) < 4.78 is 11.2. The van der Waals surface area contributed by atoms with E-state index in [9.17, 15) is 10.1 Å². The monoisotopic (exact) mass is 337 g/mol. The quantitative estimate of drug-likeness (QED) is 0.540. The lowest BCUT2D eigenvalue weighted by molar-refractivity contribution is -0.386. The highest BCUT2D eigenvalue weighted by atomic mass is 16.6. The maximum absolute atomic E-state index is 11.0. The van der Waals surface area contributed by atoms with E-state index in [1.165, 1.54) is 12.1 Å². The third-order valence-electron chi connectivity index (χ3n) is 3.35. The summed E-state index contributed by atoms with van der Waals surface area (Å²) in [6.45, 7) is 0.448. The number of aromatic nitrogens is 1. The van der Waals surface area contributed by atoms with Crippen LogP contribution >= 0.6 is 0 Å². The van der Waals surface area contributed by atoms with Gasteiger partial charge in [-0.15, -0.1) is 0 Å². The topological polar surface area (TPSA) is 101 Å². The molecule has 126 valence electrons. The molecule has 3 aromatic rings. The van der Waals surface area contributed by atoms with Gasteiger partial charge in [-0.3, -0.25) is 10.1 Å². The predicted octanol–water partition coefficient (Wildman–Crippen LogP) is 3.94. The molecular weight excluding hydrogens is 322 g/mol. The van der Waals surface area contributed by atoms with Gasteiger partial charge in [-0.2, -0.15) is 4.98 Å². The molecule has 7 heteroatoms. The van der Waals surface area contributed by atoms with Gasteiger partial charge in [0.25, 0.3) is 0 Å². The Labute approximate surface area is 143 Å². The number of nitrogen functional groups attached to an aromatic ring is 1. The van der Waals surface area contributed by atoms with Crippen LogP contribution < -0.4 is 15.2 Å². The Morgan fingerprint density at radius 3 is 2.32 bits per heavy atom. The van der Waals surface area contributed by atoms with Crippen LogP contribution in [-0.2, 0) is 6.61 Å². The summed E-state index contributed by atoms with van der Waals surface area (Å²) in [4.78, 5) is 14.3. The summed E-state index contributed by atoms with van der Waals surface area (Å²) >= 11 is 0. The summed E-state index contributed by atoms with van der Waals surface area (Å²) in [5.74, 6) is 1.05. The second-order valence-electron chi connectivity index (χ2n) is 5.17. The predicted molar refractivity (Wildman–Crippen MR) is 92.6 cm³/mol. The summed E-state index contributed by atoms with van der Waals surface area (Å²) in [5.41, 5.74) is 6.37. The van der Waals surface area contributed by atoms with E-state index < -0.39 is 4.92 Å². The van der Waals surface area contributed by atoms with Crippen molar-refractivity contribution in [1.82, 2.24) is 4.98 Å². The van der Waals surface area contributed by atoms with E-state index in [-0.39, 0.29) is 17.4 Å². The molecule has 0 bridgehead atoms. The average molecular weight is 337 g/mol. The number of rotatable bonds is 6. The van der Waals surface area contributed by atoms with Gasteiger partial charge < -0.3 is 15.2 Å². The summed E-state index contributed by atoms with van der Waals surface area (Å²) in [5, 5.41) is 11.0. The Morgan fingerprint density at radius 2 is 1.64 bits per heavy atom. The average Bonchev–Trinajstić information content (AvgIpc) is 2.62. The van der Waals surface area contributed by atoms with Crippen molar-refractivity contribution in [3.63, 3.8) is 0 Å². The number of hydrogen-bond acceptors (Lipinski definition) is 6. The van der Waals surface area contributed by atoms with Crippen LogP contribution in [0.3, 0.4) is 0 Å². The molecule has 2 N–H and O–H groups in total. The molecule has 0 amide bonds. The minimum absolute atomic E-state index is 0.142. The zero-order chi connectivity index (χ0) is 17.6. The third-order valence-corrected chi connectivity index (χ3v) is 3.35. The zero-order valence-corrected chi connectivity index (χ0v) is 13.2. The molecule has 1 aromatic heterocycles. The molecule has 3 rings (SSSR count). The minimum Gasteiger partial charge on any atom is -0.489 e. The van der Waals surface area contributed by atoms with Crippen LogP contribution in [-0.4, -0.2) is 9.91 Å². The van der Waals surface area contributed by atoms with E-state index in [0.717, 1.165) is 5.56 Å². The summed E-state index contributed by atoms with van der Waals surface area (Å²) in [7, 11) is 0. The molecule has 0 saturated carbocycles. The first-order valence-corrected chi connectivity index (χ1v) is 7.47. The summed E-state index contributed by atoms with van der Waals surface area (Å²) in [6.07, 6.45) is 0. The maximum Gasteiger partial charge on any atom is 0.331 e. The van der Waals surface area contributed by atoms with E-state index in [2.05, 4.69) is 4.98 Å². The van der Waals surface area contributed by atoms with Crippen molar-refractivity contribution >= 4 is 11.5 Å². The lowest BCUT2D eigenvalue weighted by Crippen LogP contribution is -1.99. The van der Waals surface area contributed by atoms with Crippen LogP contribution in [0.15, 0.2) is 66.7 Å². The highest BCUT2D eigenvalue weighted by molar-refractivity contribution is 5.49. The Balaban J connectivity index is 1.69. The fourth-order valence-corrected chi connectivity index (χ4v) is 2.12. The number of hydrogen-bond donors (Lipinski definition) is 1. The molecule has 0 aliphatic rings. The molecule has 0 unspecified atom stereocenters. The fourth-order valence-electron chi connectivity index (χ4n) is 2.12. The van der Waals surface area contributed by atoms with Crippen LogP contribution in [0.5, 0.6) is 17.4 Å². The second-order valence-corrected chi connectivity index (χ2v) is 5.17. The number of anilines is 1. The Hall–Kier alpha value is -3.61. The van der Waals surface area contributed by atoms with Crippen LogP contribution in [0.1, 0.15) is 5.56 Å². The minimum atomic E-state index is -0.570. The van der Waals surface area contributed by atoms with Gasteiger partial charge in [0, 0.05) is 6.07 Å². The van der Waals surface area contributed by atoms with E-state index in [0.29, 0.717) is 18.1 Å². The third kappa shape index (κ3) is 4.23. The SMILES string of the molecule is Nc1ccc([N+](=O)[O-])c(Oc2ccc(OCc3ccccc3)cc2)n1. The Morgan fingerprint density at radius 1 is 0.960 bits per heavy atom. The fraction of sp³-hybridized carbons (Fsp3) is 0.0556. The van der Waals surface area contributed by atoms with E-state index in [1.807, 2.05) is 30.3 Å². The molecule has 0 aliphatic heterocycles. The van der Waals surface area contributed by atoms with Crippen LogP contribution in [0.25, 0.3) is 0 Å². The molecule has 0 saturated heterocycles. The van der Waals surface area contributed by atoms with Crippen molar-refractivity contribution in [2.45, 2.75) is 6.61 Å².